The molecule has 0 spiro atoms. The van der Waals surface area contributed by atoms with Crippen molar-refractivity contribution < 1.29 is 9.59 Å². The van der Waals surface area contributed by atoms with E-state index < -0.39 is 6.04 Å². The molecule has 5 rings (SSSR count). The van der Waals surface area contributed by atoms with Gasteiger partial charge in [-0.1, -0.05) is 73.1 Å². The second-order valence-corrected chi connectivity index (χ2v) is 10.4. The normalized spacial score (nSPS) is 15.6. The minimum absolute atomic E-state index is 0.159. The molecule has 3 aromatic carbocycles. The van der Waals surface area contributed by atoms with Crippen molar-refractivity contribution in [2.24, 2.45) is 0 Å². The van der Waals surface area contributed by atoms with E-state index in [9.17, 15) is 9.59 Å². The summed E-state index contributed by atoms with van der Waals surface area (Å²) in [6.07, 6.45) is 1.93. The monoisotopic (exact) mass is 543 g/mol. The number of anilines is 1. The van der Waals surface area contributed by atoms with E-state index in [1.54, 1.807) is 6.07 Å². The molecule has 7 nitrogen and oxygen atoms in total. The zero-order valence-corrected chi connectivity index (χ0v) is 22.8. The Hall–Kier alpha value is -3.81. The van der Waals surface area contributed by atoms with Crippen LogP contribution in [0.2, 0.25) is 5.02 Å². The molecule has 0 bridgehead atoms. The summed E-state index contributed by atoms with van der Waals surface area (Å²) in [5.41, 5.74) is 4.01. The molecular formula is C31H34ClN5O2. The number of nitrogens with one attached hydrogen (secondary N) is 3. The number of hydrogen-bond acceptors (Lipinski definition) is 4. The van der Waals surface area contributed by atoms with Gasteiger partial charge < -0.3 is 20.5 Å². The van der Waals surface area contributed by atoms with E-state index in [4.69, 9.17) is 11.6 Å². The van der Waals surface area contributed by atoms with Gasteiger partial charge >= 0.3 is 0 Å². The maximum atomic E-state index is 13.5. The van der Waals surface area contributed by atoms with Crippen molar-refractivity contribution in [1.29, 1.82) is 0 Å². The molecule has 3 N–H and O–H groups in total. The molecule has 0 radical (unpaired) electrons. The van der Waals surface area contributed by atoms with Gasteiger partial charge in [-0.2, -0.15) is 0 Å². The molecule has 2 unspecified atom stereocenters. The fraction of sp³-hybridized carbons (Fsp3) is 0.290. The van der Waals surface area contributed by atoms with Crippen LogP contribution >= 0.6 is 11.6 Å². The van der Waals surface area contributed by atoms with Crippen LogP contribution in [-0.2, 0) is 16.1 Å². The van der Waals surface area contributed by atoms with Crippen LogP contribution in [0.15, 0.2) is 85.1 Å². The number of piperazine rings is 1. The van der Waals surface area contributed by atoms with Crippen LogP contribution in [0.1, 0.15) is 24.0 Å². The molecular weight excluding hydrogens is 510 g/mol. The molecule has 39 heavy (non-hydrogen) atoms. The number of carbonyl (C=O) groups excluding carboxylic acids is 2. The third-order valence-corrected chi connectivity index (χ3v) is 7.85. The number of aromatic nitrogens is 1. The minimum Gasteiger partial charge on any atom is -0.369 e. The van der Waals surface area contributed by atoms with Crippen LogP contribution in [0.3, 0.4) is 0 Å². The maximum absolute atomic E-state index is 13.5. The van der Waals surface area contributed by atoms with Gasteiger partial charge in [0, 0.05) is 66.5 Å². The molecule has 0 aliphatic carbocycles. The molecule has 202 valence electrons. The lowest BCUT2D eigenvalue weighted by Crippen LogP contribution is -2.54. The summed E-state index contributed by atoms with van der Waals surface area (Å²) in [5, 5.41) is 7.69. The number of carbonyl (C=O) groups is 2. The number of nitrogens with zero attached hydrogens (tertiary/aromatic N) is 2. The summed E-state index contributed by atoms with van der Waals surface area (Å²) >= 11 is 6.30. The van der Waals surface area contributed by atoms with Crippen molar-refractivity contribution in [1.82, 2.24) is 20.5 Å². The molecule has 4 aromatic rings. The van der Waals surface area contributed by atoms with Crippen LogP contribution < -0.4 is 15.5 Å². The van der Waals surface area contributed by atoms with Gasteiger partial charge in [-0.3, -0.25) is 14.5 Å². The third kappa shape index (κ3) is 6.44. The Morgan fingerprint density at radius 3 is 2.38 bits per heavy atom. The summed E-state index contributed by atoms with van der Waals surface area (Å²) < 4.78 is 0. The molecule has 2 atom stereocenters. The first kappa shape index (κ1) is 26.8. The lowest BCUT2D eigenvalue weighted by Gasteiger charge is -2.36. The maximum Gasteiger partial charge on any atom is 0.243 e. The number of benzene rings is 3. The SMILES string of the molecule is CC(c1c[nH]c2ccccc12)C(NC(=O)CN1CCN(c2ccccc2)CC1)C(=O)NCc1ccccc1Cl. The summed E-state index contributed by atoms with van der Waals surface area (Å²) in [4.78, 5) is 34.6. The standard InChI is InChI=1S/C31H34ClN5O2/c1-22(26-20-33-28-14-8-6-12-25(26)28)30(31(39)34-19-23-9-5-7-13-27(23)32)35-29(38)21-36-15-17-37(18-16-36)24-10-3-2-4-11-24/h2-14,20,22,30,33H,15-19,21H2,1H3,(H,34,39)(H,35,38). The van der Waals surface area contributed by atoms with Gasteiger partial charge in [-0.05, 0) is 35.4 Å². The molecule has 1 aromatic heterocycles. The number of halogens is 1. The van der Waals surface area contributed by atoms with Gasteiger partial charge in [0.05, 0.1) is 6.54 Å². The summed E-state index contributed by atoms with van der Waals surface area (Å²) in [6, 6.07) is 25.0. The molecule has 1 aliphatic rings. The van der Waals surface area contributed by atoms with E-state index in [1.165, 1.54) is 5.69 Å². The predicted octanol–water partition coefficient (Wildman–Crippen LogP) is 4.55. The fourth-order valence-corrected chi connectivity index (χ4v) is 5.43. The van der Waals surface area contributed by atoms with Gasteiger partial charge in [-0.25, -0.2) is 0 Å². The average Bonchev–Trinajstić information content (AvgIpc) is 3.40. The van der Waals surface area contributed by atoms with Crippen molar-refractivity contribution in [2.75, 3.05) is 37.6 Å². The predicted molar refractivity (Wildman–Crippen MR) is 157 cm³/mol. The molecule has 0 saturated carbocycles. The minimum atomic E-state index is -0.746. The van der Waals surface area contributed by atoms with E-state index in [1.807, 2.05) is 73.8 Å². The quantitative estimate of drug-likeness (QED) is 0.289. The van der Waals surface area contributed by atoms with Crippen molar-refractivity contribution in [3.05, 3.63) is 101 Å². The Bertz CT molecular complexity index is 1410. The molecule has 8 heteroatoms. The molecule has 2 heterocycles. The van der Waals surface area contributed by atoms with E-state index in [-0.39, 0.29) is 30.8 Å². The number of hydrogen-bond donors (Lipinski definition) is 3. The summed E-state index contributed by atoms with van der Waals surface area (Å²) in [5.74, 6) is -0.658. The summed E-state index contributed by atoms with van der Waals surface area (Å²) in [6.45, 7) is 5.78. The van der Waals surface area contributed by atoms with Crippen molar-refractivity contribution in [2.45, 2.75) is 25.4 Å². The van der Waals surface area contributed by atoms with Gasteiger partial charge in [0.15, 0.2) is 0 Å². The van der Waals surface area contributed by atoms with E-state index >= 15 is 0 Å². The number of fused-ring (bicyclic) bond motifs is 1. The van der Waals surface area contributed by atoms with Gasteiger partial charge in [-0.15, -0.1) is 0 Å². The fourth-order valence-electron chi connectivity index (χ4n) is 5.23. The van der Waals surface area contributed by atoms with Crippen LogP contribution in [-0.4, -0.2) is 60.5 Å². The topological polar surface area (TPSA) is 80.5 Å². The number of aromatic amines is 1. The van der Waals surface area contributed by atoms with Crippen LogP contribution in [0.25, 0.3) is 10.9 Å². The number of rotatable bonds is 9. The van der Waals surface area contributed by atoms with E-state index in [0.717, 1.165) is 48.2 Å². The van der Waals surface area contributed by atoms with Gasteiger partial charge in [0.1, 0.15) is 6.04 Å². The lowest BCUT2D eigenvalue weighted by atomic mass is 9.92. The first-order valence-electron chi connectivity index (χ1n) is 13.4. The molecule has 1 aliphatic heterocycles. The van der Waals surface area contributed by atoms with Crippen molar-refractivity contribution in [3.8, 4) is 0 Å². The van der Waals surface area contributed by atoms with Crippen molar-refractivity contribution in [3.63, 3.8) is 0 Å². The highest BCUT2D eigenvalue weighted by atomic mass is 35.5. The number of para-hydroxylation sites is 2. The second kappa shape index (κ2) is 12.4. The van der Waals surface area contributed by atoms with Gasteiger partial charge in [0.2, 0.25) is 11.8 Å². The Morgan fingerprint density at radius 1 is 0.923 bits per heavy atom. The highest BCUT2D eigenvalue weighted by Crippen LogP contribution is 2.28. The smallest absolute Gasteiger partial charge is 0.243 e. The van der Waals surface area contributed by atoms with Crippen LogP contribution in [0.5, 0.6) is 0 Å². The Balaban J connectivity index is 1.26. The van der Waals surface area contributed by atoms with Crippen LogP contribution in [0, 0.1) is 0 Å². The van der Waals surface area contributed by atoms with Crippen molar-refractivity contribution >= 4 is 40.0 Å². The van der Waals surface area contributed by atoms with E-state index in [0.29, 0.717) is 5.02 Å². The molecule has 1 fully saturated rings. The Labute approximate surface area is 234 Å². The zero-order valence-electron chi connectivity index (χ0n) is 22.1. The van der Waals surface area contributed by atoms with Gasteiger partial charge in [0.25, 0.3) is 0 Å². The highest BCUT2D eigenvalue weighted by Gasteiger charge is 2.30. The molecule has 2 amide bonds. The number of H-pyrrole nitrogens is 1. The number of amides is 2. The highest BCUT2D eigenvalue weighted by molar-refractivity contribution is 6.31. The molecule has 1 saturated heterocycles. The van der Waals surface area contributed by atoms with Crippen LogP contribution in [0.4, 0.5) is 5.69 Å². The largest absolute Gasteiger partial charge is 0.369 e. The van der Waals surface area contributed by atoms with E-state index in [2.05, 4.69) is 37.6 Å². The lowest BCUT2D eigenvalue weighted by molar-refractivity contribution is -0.130. The Morgan fingerprint density at radius 2 is 1.62 bits per heavy atom. The second-order valence-electron chi connectivity index (χ2n) is 10.0. The zero-order chi connectivity index (χ0) is 27.2. The Kier molecular flexibility index (Phi) is 8.49. The average molecular weight is 544 g/mol. The first-order valence-corrected chi connectivity index (χ1v) is 13.8. The first-order chi connectivity index (χ1) is 19.0. The summed E-state index contributed by atoms with van der Waals surface area (Å²) in [7, 11) is 0. The third-order valence-electron chi connectivity index (χ3n) is 7.48.